The molecule has 1 aromatic carbocycles. The molecule has 0 saturated heterocycles. The van der Waals surface area contributed by atoms with Crippen LogP contribution in [0.15, 0.2) is 47.4 Å². The van der Waals surface area contributed by atoms with Crippen LogP contribution in [0.2, 0.25) is 0 Å². The van der Waals surface area contributed by atoms with Crippen LogP contribution in [0.1, 0.15) is 19.5 Å². The number of carbonyl (C=O) groups excluding carboxylic acids is 2. The van der Waals surface area contributed by atoms with Crippen LogP contribution in [0.25, 0.3) is 0 Å². The third-order valence-corrected chi connectivity index (χ3v) is 6.49. The lowest BCUT2D eigenvalue weighted by Crippen LogP contribution is -2.36. The Labute approximate surface area is 183 Å². The van der Waals surface area contributed by atoms with Gasteiger partial charge < -0.3 is 10.6 Å². The number of nitrogens with zero attached hydrogens (tertiary/aromatic N) is 3. The van der Waals surface area contributed by atoms with E-state index in [0.29, 0.717) is 24.6 Å². The van der Waals surface area contributed by atoms with Gasteiger partial charge in [0.15, 0.2) is 0 Å². The van der Waals surface area contributed by atoms with Crippen molar-refractivity contribution in [3.05, 3.63) is 48.2 Å². The van der Waals surface area contributed by atoms with Crippen molar-refractivity contribution < 1.29 is 18.0 Å². The zero-order chi connectivity index (χ0) is 23.0. The van der Waals surface area contributed by atoms with Crippen LogP contribution < -0.4 is 10.6 Å². The molecule has 0 spiro atoms. The largest absolute Gasteiger partial charge is 0.325 e. The minimum atomic E-state index is -3.62. The van der Waals surface area contributed by atoms with Crippen LogP contribution in [0.3, 0.4) is 0 Å². The highest BCUT2D eigenvalue weighted by molar-refractivity contribution is 7.89. The summed E-state index contributed by atoms with van der Waals surface area (Å²) in [5.74, 6) is -0.198. The minimum Gasteiger partial charge on any atom is -0.325 e. The summed E-state index contributed by atoms with van der Waals surface area (Å²) in [4.78, 5) is 30.4. The van der Waals surface area contributed by atoms with Gasteiger partial charge in [-0.3, -0.25) is 14.5 Å². The van der Waals surface area contributed by atoms with Gasteiger partial charge >= 0.3 is 0 Å². The lowest BCUT2D eigenvalue weighted by Gasteiger charge is -2.19. The zero-order valence-corrected chi connectivity index (χ0v) is 19.1. The van der Waals surface area contributed by atoms with Crippen LogP contribution in [-0.4, -0.2) is 67.6 Å². The first-order valence-corrected chi connectivity index (χ1v) is 11.4. The summed E-state index contributed by atoms with van der Waals surface area (Å²) >= 11 is 0. The molecular weight excluding hydrogens is 418 g/mol. The molecular formula is C21H29N5O4S. The third kappa shape index (κ3) is 7.12. The van der Waals surface area contributed by atoms with Crippen molar-refractivity contribution >= 4 is 33.3 Å². The molecule has 2 aromatic rings. The maximum absolute atomic E-state index is 12.7. The fourth-order valence-electron chi connectivity index (χ4n) is 2.99. The molecule has 2 N–H and O–H groups in total. The highest BCUT2D eigenvalue weighted by Gasteiger charge is 2.22. The predicted molar refractivity (Wildman–Crippen MR) is 120 cm³/mol. The normalized spacial score (nSPS) is 11.5. The minimum absolute atomic E-state index is 0.000575. The maximum atomic E-state index is 12.7. The number of aromatic nitrogens is 1. The summed E-state index contributed by atoms with van der Waals surface area (Å²) < 4.78 is 26.7. The Bertz CT molecular complexity index is 1020. The van der Waals surface area contributed by atoms with E-state index in [1.807, 2.05) is 13.0 Å². The van der Waals surface area contributed by atoms with Crippen LogP contribution in [0.5, 0.6) is 0 Å². The Morgan fingerprint density at radius 3 is 2.19 bits per heavy atom. The number of likely N-dealkylation sites (N-methyl/N-ethyl adjacent to an activating group) is 1. The Hall–Kier alpha value is -2.82. The van der Waals surface area contributed by atoms with Crippen LogP contribution in [0, 0.1) is 6.92 Å². The smallest absolute Gasteiger partial charge is 0.243 e. The first-order chi connectivity index (χ1) is 14.6. The van der Waals surface area contributed by atoms with E-state index < -0.39 is 10.0 Å². The number of rotatable bonds is 10. The molecule has 2 rings (SSSR count). The number of carbonyl (C=O) groups is 2. The van der Waals surface area contributed by atoms with Crippen LogP contribution >= 0.6 is 0 Å². The molecule has 9 nitrogen and oxygen atoms in total. The van der Waals surface area contributed by atoms with E-state index in [2.05, 4.69) is 15.6 Å². The molecule has 0 fully saturated rings. The lowest BCUT2D eigenvalue weighted by molar-refractivity contribution is -0.119. The molecule has 0 aliphatic carbocycles. The van der Waals surface area contributed by atoms with E-state index in [4.69, 9.17) is 0 Å². The van der Waals surface area contributed by atoms with Gasteiger partial charge in [-0.05, 0) is 44.3 Å². The molecule has 31 heavy (non-hydrogen) atoms. The first kappa shape index (κ1) is 24.4. The number of nitrogens with one attached hydrogen (secondary N) is 2. The highest BCUT2D eigenvalue weighted by Crippen LogP contribution is 2.19. The number of pyridine rings is 1. The monoisotopic (exact) mass is 447 g/mol. The molecule has 2 amide bonds. The van der Waals surface area contributed by atoms with E-state index in [1.54, 1.807) is 50.1 Å². The van der Waals surface area contributed by atoms with Gasteiger partial charge in [0, 0.05) is 24.5 Å². The van der Waals surface area contributed by atoms with Gasteiger partial charge in [0.1, 0.15) is 5.82 Å². The van der Waals surface area contributed by atoms with Crippen molar-refractivity contribution in [2.24, 2.45) is 0 Å². The summed E-state index contributed by atoms with van der Waals surface area (Å²) in [5, 5.41) is 5.37. The summed E-state index contributed by atoms with van der Waals surface area (Å²) in [6.45, 7) is 6.05. The number of benzene rings is 1. The standard InChI is InChI=1S/C21H29N5O4S/c1-5-26(6-2)31(29,30)18-11-8-10-17(13-18)23-20(27)14-25(4)15-21(28)24-19-12-7-9-16(3)22-19/h7-13H,5-6,14-15H2,1-4H3,(H,23,27)(H,22,24,28). The van der Waals surface area contributed by atoms with Crippen LogP contribution in [-0.2, 0) is 19.6 Å². The van der Waals surface area contributed by atoms with Gasteiger partial charge in [0.25, 0.3) is 0 Å². The lowest BCUT2D eigenvalue weighted by atomic mass is 10.3. The Morgan fingerprint density at radius 1 is 0.968 bits per heavy atom. The van der Waals surface area contributed by atoms with Gasteiger partial charge in [-0.25, -0.2) is 13.4 Å². The predicted octanol–water partition coefficient (Wildman–Crippen LogP) is 1.93. The number of amides is 2. The molecule has 0 bridgehead atoms. The van der Waals surface area contributed by atoms with Gasteiger partial charge in [-0.2, -0.15) is 4.31 Å². The maximum Gasteiger partial charge on any atom is 0.243 e. The second-order valence-electron chi connectivity index (χ2n) is 7.05. The number of anilines is 2. The number of sulfonamides is 1. The van der Waals surface area contributed by atoms with Crippen molar-refractivity contribution in [1.29, 1.82) is 0 Å². The van der Waals surface area contributed by atoms with E-state index in [0.717, 1.165) is 5.69 Å². The summed E-state index contributed by atoms with van der Waals surface area (Å²) in [5.41, 5.74) is 1.16. The second-order valence-corrected chi connectivity index (χ2v) is 8.99. The molecule has 0 saturated carbocycles. The molecule has 1 aromatic heterocycles. The van der Waals surface area contributed by atoms with E-state index >= 15 is 0 Å². The number of hydrogen-bond donors (Lipinski definition) is 2. The van der Waals surface area contributed by atoms with Crippen molar-refractivity contribution in [3.63, 3.8) is 0 Å². The van der Waals surface area contributed by atoms with E-state index in [-0.39, 0.29) is 29.8 Å². The summed E-state index contributed by atoms with van der Waals surface area (Å²) in [6.07, 6.45) is 0. The fraction of sp³-hybridized carbons (Fsp3) is 0.381. The Morgan fingerprint density at radius 2 is 1.58 bits per heavy atom. The Balaban J connectivity index is 1.94. The fourth-order valence-corrected chi connectivity index (χ4v) is 4.49. The van der Waals surface area contributed by atoms with Crippen molar-refractivity contribution in [3.8, 4) is 0 Å². The molecule has 168 valence electrons. The van der Waals surface area contributed by atoms with Crippen molar-refractivity contribution in [1.82, 2.24) is 14.2 Å². The topological polar surface area (TPSA) is 112 Å². The molecule has 0 radical (unpaired) electrons. The van der Waals surface area contributed by atoms with Gasteiger partial charge in [0.05, 0.1) is 18.0 Å². The third-order valence-electron chi connectivity index (χ3n) is 4.44. The molecule has 0 aliphatic rings. The first-order valence-electron chi connectivity index (χ1n) is 9.97. The van der Waals surface area contributed by atoms with Gasteiger partial charge in [-0.15, -0.1) is 0 Å². The molecule has 0 aliphatic heterocycles. The highest BCUT2D eigenvalue weighted by atomic mass is 32.2. The SMILES string of the molecule is CCN(CC)S(=O)(=O)c1cccc(NC(=O)CN(C)CC(=O)Nc2cccc(C)n2)c1. The van der Waals surface area contributed by atoms with Crippen molar-refractivity contribution in [2.75, 3.05) is 43.9 Å². The summed E-state index contributed by atoms with van der Waals surface area (Å²) in [6, 6.07) is 11.4. The second kappa shape index (κ2) is 11.0. The summed E-state index contributed by atoms with van der Waals surface area (Å²) in [7, 11) is -1.98. The number of hydrogen-bond acceptors (Lipinski definition) is 6. The molecule has 0 unspecified atom stereocenters. The zero-order valence-electron chi connectivity index (χ0n) is 18.3. The average molecular weight is 448 g/mol. The molecule has 1 heterocycles. The van der Waals surface area contributed by atoms with Crippen molar-refractivity contribution in [2.45, 2.75) is 25.7 Å². The Kier molecular flexibility index (Phi) is 8.66. The number of aryl methyl sites for hydroxylation is 1. The quantitative estimate of drug-likeness (QED) is 0.576. The van der Waals surface area contributed by atoms with Gasteiger partial charge in [-0.1, -0.05) is 26.0 Å². The molecule has 10 heteroatoms. The average Bonchev–Trinajstić information content (AvgIpc) is 2.68. The van der Waals surface area contributed by atoms with E-state index in [1.165, 1.54) is 16.4 Å². The van der Waals surface area contributed by atoms with E-state index in [9.17, 15) is 18.0 Å². The van der Waals surface area contributed by atoms with Gasteiger partial charge in [0.2, 0.25) is 21.8 Å². The van der Waals surface area contributed by atoms with Crippen LogP contribution in [0.4, 0.5) is 11.5 Å². The molecule has 0 atom stereocenters.